The van der Waals surface area contributed by atoms with Crippen molar-refractivity contribution in [3.8, 4) is 5.75 Å². The highest BCUT2D eigenvalue weighted by Gasteiger charge is 2.27. The zero-order valence-electron chi connectivity index (χ0n) is 14.4. The zero-order valence-corrected chi connectivity index (χ0v) is 15.2. The summed E-state index contributed by atoms with van der Waals surface area (Å²) in [7, 11) is 0. The van der Waals surface area contributed by atoms with E-state index in [9.17, 15) is 9.59 Å². The number of rotatable bonds is 6. The minimum atomic E-state index is -0.206. The van der Waals surface area contributed by atoms with E-state index in [1.807, 2.05) is 6.92 Å². The fourth-order valence-electron chi connectivity index (χ4n) is 2.97. The molecule has 0 spiro atoms. The summed E-state index contributed by atoms with van der Waals surface area (Å²) in [4.78, 5) is 23.8. The number of halogens is 1. The number of carbonyl (C=O) groups excluding carboxylic acids is 2. The van der Waals surface area contributed by atoms with Crippen molar-refractivity contribution < 1.29 is 14.3 Å². The normalized spacial score (nSPS) is 19.4. The van der Waals surface area contributed by atoms with Gasteiger partial charge in [-0.25, -0.2) is 0 Å². The van der Waals surface area contributed by atoms with E-state index in [4.69, 9.17) is 15.9 Å². The number of ether oxygens (including phenoxy) is 1. The Morgan fingerprint density at radius 1 is 1.20 bits per heavy atom. The van der Waals surface area contributed by atoms with Gasteiger partial charge in [0.15, 0.2) is 11.7 Å². The topological polar surface area (TPSA) is 105 Å². The van der Waals surface area contributed by atoms with Crippen molar-refractivity contribution in [1.82, 2.24) is 5.32 Å². The number of hydrogen-bond acceptors (Lipinski definition) is 4. The molecule has 2 rings (SSSR count). The van der Waals surface area contributed by atoms with E-state index >= 15 is 0 Å². The molecule has 0 amide bonds. The van der Waals surface area contributed by atoms with E-state index in [1.165, 1.54) is 0 Å². The summed E-state index contributed by atoms with van der Waals surface area (Å²) in [6, 6.07) is 6.73. The molecule has 4 N–H and O–H groups in total. The maximum Gasteiger partial charge on any atom is 0.314 e. The standard InChI is InChI=1S/C18H25N3O3.ClH/c1-2-16(22)13-7-9-15(10-8-13)24-17(23)14-5-3-12(4-6-14)11-21-18(19)20;/h7-10,12,14H,2-6,11H2,1H3,(H4,19,20,21);1H. The lowest BCUT2D eigenvalue weighted by Crippen LogP contribution is -2.36. The summed E-state index contributed by atoms with van der Waals surface area (Å²) in [5.41, 5.74) is 5.92. The molecule has 25 heavy (non-hydrogen) atoms. The minimum Gasteiger partial charge on any atom is -0.426 e. The first-order valence-corrected chi connectivity index (χ1v) is 8.42. The van der Waals surface area contributed by atoms with Crippen LogP contribution in [0.3, 0.4) is 0 Å². The van der Waals surface area contributed by atoms with Crippen LogP contribution in [0, 0.1) is 17.2 Å². The third-order valence-electron chi connectivity index (χ3n) is 4.48. The molecule has 0 saturated heterocycles. The molecule has 6 nitrogen and oxygen atoms in total. The van der Waals surface area contributed by atoms with E-state index in [1.54, 1.807) is 24.3 Å². The first kappa shape index (κ1) is 21.0. The molecule has 0 bridgehead atoms. The number of hydrogen-bond donors (Lipinski definition) is 3. The Morgan fingerprint density at radius 2 is 1.80 bits per heavy atom. The van der Waals surface area contributed by atoms with Crippen LogP contribution in [-0.2, 0) is 4.79 Å². The third kappa shape index (κ3) is 6.38. The summed E-state index contributed by atoms with van der Waals surface area (Å²) < 4.78 is 5.44. The average Bonchev–Trinajstić information content (AvgIpc) is 2.60. The van der Waals surface area contributed by atoms with Crippen molar-refractivity contribution in [3.63, 3.8) is 0 Å². The molecule has 1 fully saturated rings. The number of esters is 1. The van der Waals surface area contributed by atoms with E-state index in [2.05, 4.69) is 5.32 Å². The van der Waals surface area contributed by atoms with Crippen LogP contribution < -0.4 is 15.8 Å². The maximum atomic E-state index is 12.3. The smallest absolute Gasteiger partial charge is 0.314 e. The summed E-state index contributed by atoms with van der Waals surface area (Å²) in [5.74, 6) is 0.690. The number of nitrogens with two attached hydrogens (primary N) is 1. The number of carbonyl (C=O) groups is 2. The van der Waals surface area contributed by atoms with Gasteiger partial charge in [-0.1, -0.05) is 6.92 Å². The van der Waals surface area contributed by atoms with Gasteiger partial charge in [0.1, 0.15) is 5.75 Å². The Labute approximate surface area is 154 Å². The van der Waals surface area contributed by atoms with Gasteiger partial charge in [-0.2, -0.15) is 0 Å². The molecule has 0 radical (unpaired) electrons. The molecule has 0 atom stereocenters. The van der Waals surface area contributed by atoms with Gasteiger partial charge in [0, 0.05) is 18.5 Å². The Balaban J connectivity index is 0.00000312. The van der Waals surface area contributed by atoms with Crippen molar-refractivity contribution in [2.45, 2.75) is 39.0 Å². The molecule has 1 aromatic carbocycles. The van der Waals surface area contributed by atoms with Crippen LogP contribution in [0.1, 0.15) is 49.4 Å². The van der Waals surface area contributed by atoms with Gasteiger partial charge < -0.3 is 15.8 Å². The molecular weight excluding hydrogens is 342 g/mol. The summed E-state index contributed by atoms with van der Waals surface area (Å²) >= 11 is 0. The zero-order chi connectivity index (χ0) is 17.5. The lowest BCUT2D eigenvalue weighted by molar-refractivity contribution is -0.140. The first-order valence-electron chi connectivity index (χ1n) is 8.42. The number of guanidine groups is 1. The summed E-state index contributed by atoms with van der Waals surface area (Å²) in [5, 5.41) is 10.0. The van der Waals surface area contributed by atoms with Crippen LogP contribution in [0.15, 0.2) is 24.3 Å². The molecule has 138 valence electrons. The molecule has 7 heteroatoms. The SMILES string of the molecule is CCC(=O)c1ccc(OC(=O)C2CCC(CNC(=N)N)CC2)cc1.Cl. The van der Waals surface area contributed by atoms with Gasteiger partial charge in [0.25, 0.3) is 0 Å². The van der Waals surface area contributed by atoms with Crippen LogP contribution in [0.2, 0.25) is 0 Å². The molecule has 1 aromatic rings. The lowest BCUT2D eigenvalue weighted by atomic mass is 9.82. The minimum absolute atomic E-state index is 0. The van der Waals surface area contributed by atoms with Crippen LogP contribution in [0.5, 0.6) is 5.75 Å². The molecule has 0 aliphatic heterocycles. The quantitative estimate of drug-likeness (QED) is 0.236. The molecular formula is C18H26ClN3O3. The number of benzene rings is 1. The highest BCUT2D eigenvalue weighted by Crippen LogP contribution is 2.29. The molecule has 1 aliphatic rings. The second-order valence-electron chi connectivity index (χ2n) is 6.23. The summed E-state index contributed by atoms with van der Waals surface area (Å²) in [6.45, 7) is 2.50. The third-order valence-corrected chi connectivity index (χ3v) is 4.48. The highest BCUT2D eigenvalue weighted by molar-refractivity contribution is 5.96. The molecule has 0 aromatic heterocycles. The van der Waals surface area contributed by atoms with Crippen molar-refractivity contribution in [2.75, 3.05) is 6.54 Å². The van der Waals surface area contributed by atoms with Crippen molar-refractivity contribution in [3.05, 3.63) is 29.8 Å². The monoisotopic (exact) mass is 367 g/mol. The Morgan fingerprint density at radius 3 is 2.32 bits per heavy atom. The van der Waals surface area contributed by atoms with Gasteiger partial charge in [0.05, 0.1) is 5.92 Å². The Bertz CT molecular complexity index is 596. The maximum absolute atomic E-state index is 12.3. The first-order chi connectivity index (χ1) is 11.5. The van der Waals surface area contributed by atoms with Crippen LogP contribution in [0.25, 0.3) is 0 Å². The number of ketones is 1. The van der Waals surface area contributed by atoms with E-state index < -0.39 is 0 Å². The molecule has 1 aliphatic carbocycles. The van der Waals surface area contributed by atoms with Crippen LogP contribution in [0.4, 0.5) is 0 Å². The van der Waals surface area contributed by atoms with Crippen molar-refractivity contribution in [1.29, 1.82) is 5.41 Å². The van der Waals surface area contributed by atoms with Crippen LogP contribution in [-0.4, -0.2) is 24.3 Å². The average molecular weight is 368 g/mol. The second kappa shape index (κ2) is 10.0. The largest absolute Gasteiger partial charge is 0.426 e. The van der Waals surface area contributed by atoms with E-state index in [0.717, 1.165) is 25.7 Å². The number of Topliss-reactive ketones (excluding diaryl/α,β-unsaturated/α-hetero) is 1. The molecule has 0 unspecified atom stereocenters. The molecule has 0 heterocycles. The van der Waals surface area contributed by atoms with Gasteiger partial charge in [-0.3, -0.25) is 15.0 Å². The van der Waals surface area contributed by atoms with Crippen molar-refractivity contribution in [2.24, 2.45) is 17.6 Å². The fraction of sp³-hybridized carbons (Fsp3) is 0.500. The molecule has 1 saturated carbocycles. The van der Waals surface area contributed by atoms with Gasteiger partial charge in [0.2, 0.25) is 0 Å². The second-order valence-corrected chi connectivity index (χ2v) is 6.23. The predicted molar refractivity (Wildman–Crippen MR) is 99.3 cm³/mol. The fourth-order valence-corrected chi connectivity index (χ4v) is 2.97. The van der Waals surface area contributed by atoms with Gasteiger partial charge in [-0.15, -0.1) is 12.4 Å². The van der Waals surface area contributed by atoms with Crippen LogP contribution >= 0.6 is 12.4 Å². The summed E-state index contributed by atoms with van der Waals surface area (Å²) in [6.07, 6.45) is 3.87. The predicted octanol–water partition coefficient (Wildman–Crippen LogP) is 2.90. The van der Waals surface area contributed by atoms with Crippen molar-refractivity contribution >= 4 is 30.1 Å². The van der Waals surface area contributed by atoms with Gasteiger partial charge >= 0.3 is 5.97 Å². The Hall–Kier alpha value is -2.08. The van der Waals surface area contributed by atoms with Gasteiger partial charge in [-0.05, 0) is 55.9 Å². The highest BCUT2D eigenvalue weighted by atomic mass is 35.5. The van der Waals surface area contributed by atoms with E-state index in [0.29, 0.717) is 30.2 Å². The lowest BCUT2D eigenvalue weighted by Gasteiger charge is -2.27. The van der Waals surface area contributed by atoms with E-state index in [-0.39, 0.29) is 36.0 Å². The number of nitrogens with one attached hydrogen (secondary N) is 2. The Kier molecular flexibility index (Phi) is 8.41.